The third-order valence-electron chi connectivity index (χ3n) is 5.07. The first-order chi connectivity index (χ1) is 13.4. The van der Waals surface area contributed by atoms with E-state index in [1.165, 1.54) is 12.1 Å². The molecule has 0 atom stereocenters. The van der Waals surface area contributed by atoms with E-state index in [1.54, 1.807) is 6.07 Å². The fourth-order valence-corrected chi connectivity index (χ4v) is 4.37. The molecule has 3 heterocycles. The number of rotatable bonds is 5. The van der Waals surface area contributed by atoms with Crippen LogP contribution in [0.3, 0.4) is 0 Å². The molecular formula is C20H21FN4O2S. The summed E-state index contributed by atoms with van der Waals surface area (Å²) in [4.78, 5) is 9.82. The quantitative estimate of drug-likeness (QED) is 0.688. The summed E-state index contributed by atoms with van der Waals surface area (Å²) in [6.07, 6.45) is 5.10. The minimum absolute atomic E-state index is 0.0786. The van der Waals surface area contributed by atoms with Crippen LogP contribution < -0.4 is 9.62 Å². The molecule has 28 heavy (non-hydrogen) atoms. The summed E-state index contributed by atoms with van der Waals surface area (Å²) in [5, 5.41) is 1.89. The number of nitrogens with one attached hydrogen (secondary N) is 2. The number of hydrogen-bond acceptors (Lipinski definition) is 4. The van der Waals surface area contributed by atoms with Gasteiger partial charge in [0.25, 0.3) is 0 Å². The minimum Gasteiger partial charge on any atom is -0.360 e. The van der Waals surface area contributed by atoms with Crippen LogP contribution in [0.2, 0.25) is 0 Å². The molecule has 3 aromatic rings. The van der Waals surface area contributed by atoms with Crippen molar-refractivity contribution in [2.45, 2.75) is 18.9 Å². The number of aromatic amines is 1. The summed E-state index contributed by atoms with van der Waals surface area (Å²) in [5.41, 5.74) is 2.69. The molecule has 0 saturated carbocycles. The summed E-state index contributed by atoms with van der Waals surface area (Å²) in [7, 11) is -3.40. The average molecular weight is 400 g/mol. The molecule has 0 aliphatic carbocycles. The number of benzene rings is 1. The molecule has 0 unspecified atom stereocenters. The van der Waals surface area contributed by atoms with Gasteiger partial charge in [-0.3, -0.25) is 0 Å². The van der Waals surface area contributed by atoms with Crippen molar-refractivity contribution in [2.75, 3.05) is 18.0 Å². The first-order valence-electron chi connectivity index (χ1n) is 9.08. The van der Waals surface area contributed by atoms with Gasteiger partial charge in [0.15, 0.2) is 0 Å². The second-order valence-electron chi connectivity index (χ2n) is 6.89. The van der Waals surface area contributed by atoms with Crippen molar-refractivity contribution in [3.05, 3.63) is 60.5 Å². The van der Waals surface area contributed by atoms with Crippen LogP contribution in [0.4, 0.5) is 10.2 Å². The van der Waals surface area contributed by atoms with E-state index in [1.807, 2.05) is 24.5 Å². The van der Waals surface area contributed by atoms with Crippen LogP contribution in [-0.2, 0) is 10.0 Å². The monoisotopic (exact) mass is 400 g/mol. The second kappa shape index (κ2) is 7.37. The maximum atomic E-state index is 13.4. The second-order valence-corrected chi connectivity index (χ2v) is 8.55. The normalized spacial score (nSPS) is 15.8. The predicted molar refractivity (Wildman–Crippen MR) is 109 cm³/mol. The zero-order chi connectivity index (χ0) is 19.7. The van der Waals surface area contributed by atoms with Crippen molar-refractivity contribution >= 4 is 26.7 Å². The molecular weight excluding hydrogens is 379 g/mol. The Morgan fingerprint density at radius 3 is 2.71 bits per heavy atom. The predicted octanol–water partition coefficient (Wildman–Crippen LogP) is 3.40. The largest absolute Gasteiger partial charge is 0.360 e. The Morgan fingerprint density at radius 1 is 1.25 bits per heavy atom. The highest BCUT2D eigenvalue weighted by molar-refractivity contribution is 7.92. The molecule has 8 heteroatoms. The van der Waals surface area contributed by atoms with Crippen LogP contribution in [0.1, 0.15) is 12.8 Å². The van der Waals surface area contributed by atoms with Gasteiger partial charge in [0, 0.05) is 59.0 Å². The fraction of sp³-hybridized carbons (Fsp3) is 0.250. The number of sulfonamides is 1. The van der Waals surface area contributed by atoms with Crippen molar-refractivity contribution < 1.29 is 12.8 Å². The average Bonchev–Trinajstić information content (AvgIpc) is 3.11. The highest BCUT2D eigenvalue weighted by atomic mass is 32.2. The van der Waals surface area contributed by atoms with E-state index in [-0.39, 0.29) is 11.9 Å². The molecule has 1 aliphatic rings. The molecule has 0 bridgehead atoms. The van der Waals surface area contributed by atoms with Gasteiger partial charge in [-0.2, -0.15) is 0 Å². The summed E-state index contributed by atoms with van der Waals surface area (Å²) in [6, 6.07) is 8.58. The summed E-state index contributed by atoms with van der Waals surface area (Å²) < 4.78 is 39.2. The Morgan fingerprint density at radius 2 is 2.04 bits per heavy atom. The number of aromatic nitrogens is 2. The Balaban J connectivity index is 1.46. The number of piperidine rings is 1. The zero-order valence-corrected chi connectivity index (χ0v) is 16.0. The zero-order valence-electron chi connectivity index (χ0n) is 15.2. The Hall–Kier alpha value is -2.71. The number of H-pyrrole nitrogens is 1. The molecule has 2 N–H and O–H groups in total. The van der Waals surface area contributed by atoms with Gasteiger partial charge in [-0.1, -0.05) is 6.58 Å². The standard InChI is InChI=1S/C20H21FN4O2S/c1-2-28(26,27)24-16-7-9-25(10-8-16)20-6-3-14(12-23-20)18-13-22-19-11-15(21)4-5-17(18)19/h2-6,11-13,16,22,24H,1,7-10H2. The SMILES string of the molecule is C=CS(=O)(=O)NC1CCN(c2ccc(-c3c[nH]c4cc(F)ccc34)cn2)CC1. The van der Waals surface area contributed by atoms with Crippen molar-refractivity contribution in [1.29, 1.82) is 0 Å². The molecule has 0 amide bonds. The number of anilines is 1. The molecule has 4 rings (SSSR count). The lowest BCUT2D eigenvalue weighted by Crippen LogP contribution is -2.44. The number of pyridine rings is 1. The summed E-state index contributed by atoms with van der Waals surface area (Å²) in [5.74, 6) is 0.591. The van der Waals surface area contributed by atoms with Gasteiger partial charge >= 0.3 is 0 Å². The van der Waals surface area contributed by atoms with Gasteiger partial charge in [-0.15, -0.1) is 0 Å². The number of halogens is 1. The van der Waals surface area contributed by atoms with E-state index < -0.39 is 10.0 Å². The highest BCUT2D eigenvalue weighted by Gasteiger charge is 2.23. The van der Waals surface area contributed by atoms with Gasteiger partial charge in [0.1, 0.15) is 11.6 Å². The van der Waals surface area contributed by atoms with Crippen LogP contribution >= 0.6 is 0 Å². The minimum atomic E-state index is -3.40. The van der Waals surface area contributed by atoms with Crippen LogP contribution in [0.25, 0.3) is 22.0 Å². The topological polar surface area (TPSA) is 78.1 Å². The number of hydrogen-bond donors (Lipinski definition) is 2. The van der Waals surface area contributed by atoms with Gasteiger partial charge in [-0.05, 0) is 43.2 Å². The van der Waals surface area contributed by atoms with E-state index in [0.29, 0.717) is 12.8 Å². The first-order valence-corrected chi connectivity index (χ1v) is 10.6. The van der Waals surface area contributed by atoms with Crippen LogP contribution in [-0.4, -0.2) is 37.5 Å². The van der Waals surface area contributed by atoms with Crippen LogP contribution in [0.15, 0.2) is 54.7 Å². The summed E-state index contributed by atoms with van der Waals surface area (Å²) >= 11 is 0. The van der Waals surface area contributed by atoms with Crippen molar-refractivity contribution in [1.82, 2.24) is 14.7 Å². The molecule has 1 saturated heterocycles. The van der Waals surface area contributed by atoms with Crippen molar-refractivity contribution in [3.8, 4) is 11.1 Å². The lowest BCUT2D eigenvalue weighted by molar-refractivity contribution is 0.461. The Labute approximate surface area is 163 Å². The summed E-state index contributed by atoms with van der Waals surface area (Å²) in [6.45, 7) is 4.77. The van der Waals surface area contributed by atoms with E-state index in [9.17, 15) is 12.8 Å². The van der Waals surface area contributed by atoms with Gasteiger partial charge in [-0.25, -0.2) is 22.5 Å². The molecule has 146 valence electrons. The lowest BCUT2D eigenvalue weighted by atomic mass is 10.1. The molecule has 0 spiro atoms. The fourth-order valence-electron chi connectivity index (χ4n) is 3.58. The molecule has 1 fully saturated rings. The van der Waals surface area contributed by atoms with Gasteiger partial charge in [0.05, 0.1) is 0 Å². The smallest absolute Gasteiger partial charge is 0.233 e. The molecule has 1 aromatic carbocycles. The molecule has 2 aromatic heterocycles. The number of nitrogens with zero attached hydrogens (tertiary/aromatic N) is 2. The van der Waals surface area contributed by atoms with Gasteiger partial charge in [0.2, 0.25) is 10.0 Å². The third kappa shape index (κ3) is 3.79. The highest BCUT2D eigenvalue weighted by Crippen LogP contribution is 2.30. The lowest BCUT2D eigenvalue weighted by Gasteiger charge is -2.32. The van der Waals surface area contributed by atoms with E-state index >= 15 is 0 Å². The van der Waals surface area contributed by atoms with Crippen molar-refractivity contribution in [2.24, 2.45) is 0 Å². The third-order valence-corrected chi connectivity index (χ3v) is 6.17. The van der Waals surface area contributed by atoms with Crippen molar-refractivity contribution in [3.63, 3.8) is 0 Å². The maximum Gasteiger partial charge on any atom is 0.233 e. The Kier molecular flexibility index (Phi) is 4.91. The van der Waals surface area contributed by atoms with Crippen LogP contribution in [0.5, 0.6) is 0 Å². The molecule has 1 aliphatic heterocycles. The van der Waals surface area contributed by atoms with E-state index in [2.05, 4.69) is 26.2 Å². The van der Waals surface area contributed by atoms with Crippen LogP contribution in [0, 0.1) is 5.82 Å². The Bertz CT molecular complexity index is 1100. The number of fused-ring (bicyclic) bond motifs is 1. The first kappa shape index (κ1) is 18.6. The van der Waals surface area contributed by atoms with E-state index in [4.69, 9.17) is 0 Å². The van der Waals surface area contributed by atoms with Gasteiger partial charge < -0.3 is 9.88 Å². The maximum absolute atomic E-state index is 13.4. The molecule has 6 nitrogen and oxygen atoms in total. The van der Waals surface area contributed by atoms with E-state index in [0.717, 1.165) is 46.3 Å². The molecule has 0 radical (unpaired) electrons.